The first kappa shape index (κ1) is 14.5. The van der Waals surface area contributed by atoms with Crippen LogP contribution in [0.5, 0.6) is 0 Å². The number of sulfonamides is 1. The number of aromatic nitrogens is 1. The molecule has 2 rings (SSSR count). The number of esters is 1. The second-order valence-corrected chi connectivity index (χ2v) is 6.39. The summed E-state index contributed by atoms with van der Waals surface area (Å²) in [6.45, 7) is 1.62. The van der Waals surface area contributed by atoms with Crippen molar-refractivity contribution >= 4 is 33.1 Å². The van der Waals surface area contributed by atoms with Gasteiger partial charge in [0.05, 0.1) is 7.11 Å². The molecule has 0 radical (unpaired) electrons. The molecule has 0 bridgehead atoms. The lowest BCUT2D eigenvalue weighted by Gasteiger charge is -2.08. The minimum absolute atomic E-state index is 0.0495. The summed E-state index contributed by atoms with van der Waals surface area (Å²) in [6, 6.07) is 4.86. The number of carbonyl (C=O) groups excluding carboxylic acids is 1. The number of ether oxygens (including phenoxy) is 1. The van der Waals surface area contributed by atoms with E-state index in [0.29, 0.717) is 5.56 Å². The van der Waals surface area contributed by atoms with Crippen molar-refractivity contribution in [2.75, 3.05) is 11.8 Å². The molecule has 0 unspecified atom stereocenters. The van der Waals surface area contributed by atoms with Crippen molar-refractivity contribution in [3.63, 3.8) is 0 Å². The highest BCUT2D eigenvalue weighted by Crippen LogP contribution is 2.28. The highest BCUT2D eigenvalue weighted by atomic mass is 32.2. The van der Waals surface area contributed by atoms with Crippen LogP contribution in [-0.2, 0) is 14.8 Å². The number of methoxy groups -OCH3 is 1. The van der Waals surface area contributed by atoms with Gasteiger partial charge in [-0.1, -0.05) is 6.07 Å². The monoisotopic (exact) mass is 312 g/mol. The summed E-state index contributed by atoms with van der Waals surface area (Å²) in [4.78, 5) is 15.5. The number of pyridine rings is 1. The Morgan fingerprint density at radius 1 is 1.40 bits per heavy atom. The smallest absolute Gasteiger partial charge is 0.349 e. The van der Waals surface area contributed by atoms with E-state index in [2.05, 4.69) is 14.4 Å². The third-order valence-corrected chi connectivity index (χ3v) is 5.21. The predicted molar refractivity (Wildman–Crippen MR) is 75.4 cm³/mol. The Balaban J connectivity index is 2.45. The van der Waals surface area contributed by atoms with Crippen LogP contribution in [0.1, 0.15) is 15.2 Å². The second-order valence-electron chi connectivity index (χ2n) is 3.89. The Morgan fingerprint density at radius 3 is 2.75 bits per heavy atom. The minimum Gasteiger partial charge on any atom is -0.465 e. The number of hydrogen-bond acceptors (Lipinski definition) is 6. The molecule has 8 heteroatoms. The quantitative estimate of drug-likeness (QED) is 0.873. The Hall–Kier alpha value is -1.93. The summed E-state index contributed by atoms with van der Waals surface area (Å²) in [5.41, 5.74) is 0.485. The molecular weight excluding hydrogens is 300 g/mol. The molecule has 0 aromatic carbocycles. The summed E-state index contributed by atoms with van der Waals surface area (Å²) >= 11 is 1.03. The molecular formula is C12H12N2O4S2. The molecule has 0 spiro atoms. The standard InChI is InChI=1S/C12H12N2O4S2/c1-8-7-19-10(12(15)18-2)11(8)20(16,17)14-9-5-3-4-6-13-9/h3-7H,1-2H3,(H,13,14). The van der Waals surface area contributed by atoms with Crippen LogP contribution < -0.4 is 4.72 Å². The SMILES string of the molecule is COC(=O)c1scc(C)c1S(=O)(=O)Nc1ccccn1. The minimum atomic E-state index is -3.89. The molecule has 0 aliphatic heterocycles. The van der Waals surface area contributed by atoms with Crippen LogP contribution in [0.3, 0.4) is 0 Å². The van der Waals surface area contributed by atoms with Gasteiger partial charge in [-0.05, 0) is 30.0 Å². The first-order valence-corrected chi connectivity index (χ1v) is 7.92. The van der Waals surface area contributed by atoms with Gasteiger partial charge in [0.25, 0.3) is 10.0 Å². The van der Waals surface area contributed by atoms with E-state index in [-0.39, 0.29) is 15.6 Å². The highest BCUT2D eigenvalue weighted by Gasteiger charge is 2.27. The predicted octanol–water partition coefficient (Wildman–Crippen LogP) is 2.04. The fourth-order valence-electron chi connectivity index (χ4n) is 1.61. The number of thiophene rings is 1. The third kappa shape index (κ3) is 2.81. The maximum Gasteiger partial charge on any atom is 0.349 e. The first-order valence-electron chi connectivity index (χ1n) is 5.56. The summed E-state index contributed by atoms with van der Waals surface area (Å²) in [5, 5.41) is 1.60. The van der Waals surface area contributed by atoms with Crippen molar-refractivity contribution in [2.24, 2.45) is 0 Å². The van der Waals surface area contributed by atoms with Crippen LogP contribution in [0.4, 0.5) is 5.82 Å². The molecule has 0 amide bonds. The second kappa shape index (κ2) is 5.59. The fourth-order valence-corrected chi connectivity index (χ4v) is 4.33. The lowest BCUT2D eigenvalue weighted by atomic mass is 10.3. The maximum atomic E-state index is 12.4. The zero-order valence-electron chi connectivity index (χ0n) is 10.8. The van der Waals surface area contributed by atoms with Crippen molar-refractivity contribution in [3.05, 3.63) is 40.2 Å². The van der Waals surface area contributed by atoms with Crippen molar-refractivity contribution in [3.8, 4) is 0 Å². The van der Waals surface area contributed by atoms with Crippen molar-refractivity contribution < 1.29 is 17.9 Å². The van der Waals surface area contributed by atoms with Crippen LogP contribution in [-0.4, -0.2) is 26.5 Å². The molecule has 6 nitrogen and oxygen atoms in total. The van der Waals surface area contributed by atoms with E-state index < -0.39 is 16.0 Å². The zero-order chi connectivity index (χ0) is 14.8. The van der Waals surface area contributed by atoms with Gasteiger partial charge in [0.1, 0.15) is 15.6 Å². The average Bonchev–Trinajstić information content (AvgIpc) is 2.81. The molecule has 0 saturated heterocycles. The van der Waals surface area contributed by atoms with Crippen LogP contribution in [0, 0.1) is 6.92 Å². The summed E-state index contributed by atoms with van der Waals surface area (Å²) in [7, 11) is -2.68. The molecule has 0 fully saturated rings. The van der Waals surface area contributed by atoms with Crippen molar-refractivity contribution in [2.45, 2.75) is 11.8 Å². The molecule has 0 saturated carbocycles. The first-order chi connectivity index (χ1) is 9.45. The Morgan fingerprint density at radius 2 is 2.15 bits per heavy atom. The van der Waals surface area contributed by atoms with Gasteiger partial charge in [0.2, 0.25) is 0 Å². The zero-order valence-corrected chi connectivity index (χ0v) is 12.4. The largest absolute Gasteiger partial charge is 0.465 e. The number of anilines is 1. The third-order valence-electron chi connectivity index (χ3n) is 2.46. The van der Waals surface area contributed by atoms with Gasteiger partial charge >= 0.3 is 5.97 Å². The summed E-state index contributed by atoms with van der Waals surface area (Å²) < 4.78 is 31.7. The fraction of sp³-hybridized carbons (Fsp3) is 0.167. The van der Waals surface area contributed by atoms with Crippen molar-refractivity contribution in [1.82, 2.24) is 4.98 Å². The molecule has 2 aromatic heterocycles. The topological polar surface area (TPSA) is 85.4 Å². The number of carbonyl (C=O) groups is 1. The van der Waals surface area contributed by atoms with Crippen LogP contribution in [0.15, 0.2) is 34.7 Å². The van der Waals surface area contributed by atoms with Gasteiger partial charge in [-0.3, -0.25) is 4.72 Å². The van der Waals surface area contributed by atoms with Crippen LogP contribution in [0.2, 0.25) is 0 Å². The lowest BCUT2D eigenvalue weighted by molar-refractivity contribution is 0.0602. The molecule has 0 aliphatic rings. The van der Waals surface area contributed by atoms with Gasteiger partial charge in [0, 0.05) is 6.20 Å². The molecule has 106 valence electrons. The molecule has 0 atom stereocenters. The highest BCUT2D eigenvalue weighted by molar-refractivity contribution is 7.93. The van der Waals surface area contributed by atoms with Crippen LogP contribution in [0.25, 0.3) is 0 Å². The average molecular weight is 312 g/mol. The van der Waals surface area contributed by atoms with E-state index in [4.69, 9.17) is 0 Å². The molecule has 20 heavy (non-hydrogen) atoms. The summed E-state index contributed by atoms with van der Waals surface area (Å²) in [6.07, 6.45) is 1.47. The normalized spacial score (nSPS) is 11.1. The van der Waals surface area contributed by atoms with E-state index in [9.17, 15) is 13.2 Å². The number of nitrogens with zero attached hydrogens (tertiary/aromatic N) is 1. The number of rotatable bonds is 4. The number of hydrogen-bond donors (Lipinski definition) is 1. The number of nitrogens with one attached hydrogen (secondary N) is 1. The van der Waals surface area contributed by atoms with Gasteiger partial charge in [-0.25, -0.2) is 18.2 Å². The van der Waals surface area contributed by atoms with Crippen molar-refractivity contribution in [1.29, 1.82) is 0 Å². The molecule has 0 aliphatic carbocycles. The lowest BCUT2D eigenvalue weighted by Crippen LogP contribution is -2.17. The maximum absolute atomic E-state index is 12.4. The molecule has 2 heterocycles. The van der Waals surface area contributed by atoms with E-state index in [1.165, 1.54) is 19.4 Å². The van der Waals surface area contributed by atoms with Gasteiger partial charge in [-0.2, -0.15) is 0 Å². The van der Waals surface area contributed by atoms with Crippen LogP contribution >= 0.6 is 11.3 Å². The van der Waals surface area contributed by atoms with E-state index in [0.717, 1.165) is 11.3 Å². The van der Waals surface area contributed by atoms with E-state index in [1.807, 2.05) is 0 Å². The van der Waals surface area contributed by atoms with Gasteiger partial charge in [0.15, 0.2) is 0 Å². The Kier molecular flexibility index (Phi) is 4.05. The van der Waals surface area contributed by atoms with Gasteiger partial charge < -0.3 is 4.74 Å². The van der Waals surface area contributed by atoms with E-state index in [1.54, 1.807) is 24.4 Å². The van der Waals surface area contributed by atoms with E-state index >= 15 is 0 Å². The summed E-state index contributed by atoms with van der Waals surface area (Å²) in [5.74, 6) is -0.488. The Labute approximate surface area is 120 Å². The van der Waals surface area contributed by atoms with Gasteiger partial charge in [-0.15, -0.1) is 11.3 Å². The Bertz CT molecular complexity index is 723. The number of aryl methyl sites for hydroxylation is 1. The molecule has 1 N–H and O–H groups in total. The molecule has 2 aromatic rings.